The Labute approximate surface area is 80.0 Å². The molecular weight excluding hydrogens is 166 g/mol. The molecule has 2 fully saturated rings. The molecule has 13 heavy (non-hydrogen) atoms. The largest absolute Gasteiger partial charge is 0.343 e. The average molecular weight is 185 g/mol. The first kappa shape index (κ1) is 9.44. The van der Waals surface area contributed by atoms with Crippen molar-refractivity contribution < 1.29 is 9.47 Å². The van der Waals surface area contributed by atoms with E-state index in [1.807, 2.05) is 13.8 Å². The summed E-state index contributed by atoms with van der Waals surface area (Å²) in [5, 5.41) is 0. The molecule has 2 aliphatic heterocycles. The van der Waals surface area contributed by atoms with Crippen LogP contribution in [0.3, 0.4) is 0 Å². The van der Waals surface area contributed by atoms with Crippen LogP contribution in [0, 0.1) is 0 Å². The fourth-order valence-corrected chi connectivity index (χ4v) is 2.54. The zero-order valence-corrected chi connectivity index (χ0v) is 8.91. The Hall–Kier alpha value is -0.120. The maximum absolute atomic E-state index is 5.88. The summed E-state index contributed by atoms with van der Waals surface area (Å²) in [4.78, 5) is 2.34. The lowest BCUT2D eigenvalue weighted by Gasteiger charge is -2.25. The van der Waals surface area contributed by atoms with E-state index in [1.54, 1.807) is 0 Å². The molecule has 0 saturated carbocycles. The molecule has 2 aliphatic rings. The number of likely N-dealkylation sites (tertiary alicyclic amines) is 1. The standard InChI is InChI=1S/C10H19NO2/c1-5-7-9-8(6-11(7)4)12-10(2,3)13-9/h7-9H,5-6H2,1-4H3. The molecule has 2 saturated heterocycles. The maximum Gasteiger partial charge on any atom is 0.163 e. The van der Waals surface area contributed by atoms with Gasteiger partial charge < -0.3 is 9.47 Å². The van der Waals surface area contributed by atoms with E-state index in [0.717, 1.165) is 13.0 Å². The lowest BCUT2D eigenvalue weighted by Crippen LogP contribution is -2.35. The molecular formula is C10H19NO2. The quantitative estimate of drug-likeness (QED) is 0.613. The number of likely N-dealkylation sites (N-methyl/N-ethyl adjacent to an activating group) is 1. The van der Waals surface area contributed by atoms with Crippen molar-refractivity contribution >= 4 is 0 Å². The monoisotopic (exact) mass is 185 g/mol. The number of fused-ring (bicyclic) bond motifs is 1. The fraction of sp³-hybridized carbons (Fsp3) is 1.00. The van der Waals surface area contributed by atoms with Crippen LogP contribution in [0.2, 0.25) is 0 Å². The third kappa shape index (κ3) is 1.49. The number of ether oxygens (including phenoxy) is 2. The van der Waals surface area contributed by atoms with Crippen LogP contribution in [0.4, 0.5) is 0 Å². The van der Waals surface area contributed by atoms with E-state index in [1.165, 1.54) is 0 Å². The fourth-order valence-electron chi connectivity index (χ4n) is 2.54. The minimum Gasteiger partial charge on any atom is -0.343 e. The predicted octanol–water partition coefficient (Wildman–Crippen LogP) is 1.23. The second-order valence-corrected chi connectivity index (χ2v) is 4.55. The zero-order valence-electron chi connectivity index (χ0n) is 8.91. The molecule has 3 unspecified atom stereocenters. The summed E-state index contributed by atoms with van der Waals surface area (Å²) < 4.78 is 11.7. The van der Waals surface area contributed by atoms with E-state index in [9.17, 15) is 0 Å². The second kappa shape index (κ2) is 2.94. The van der Waals surface area contributed by atoms with Crippen LogP contribution in [0.5, 0.6) is 0 Å². The molecule has 0 amide bonds. The summed E-state index contributed by atoms with van der Waals surface area (Å²) in [5.74, 6) is -0.371. The maximum atomic E-state index is 5.88. The van der Waals surface area contributed by atoms with E-state index in [-0.39, 0.29) is 18.0 Å². The Bertz CT molecular complexity index is 205. The zero-order chi connectivity index (χ0) is 9.64. The van der Waals surface area contributed by atoms with Crippen LogP contribution in [0.25, 0.3) is 0 Å². The first-order chi connectivity index (χ1) is 6.03. The van der Waals surface area contributed by atoms with Gasteiger partial charge in [-0.25, -0.2) is 0 Å². The van der Waals surface area contributed by atoms with Crippen molar-refractivity contribution in [3.8, 4) is 0 Å². The topological polar surface area (TPSA) is 21.7 Å². The Morgan fingerprint density at radius 2 is 2.08 bits per heavy atom. The summed E-state index contributed by atoms with van der Waals surface area (Å²) in [6.07, 6.45) is 1.70. The van der Waals surface area contributed by atoms with E-state index < -0.39 is 0 Å². The first-order valence-electron chi connectivity index (χ1n) is 5.09. The van der Waals surface area contributed by atoms with Crippen LogP contribution >= 0.6 is 0 Å². The highest BCUT2D eigenvalue weighted by Gasteiger charge is 2.50. The summed E-state index contributed by atoms with van der Waals surface area (Å²) in [6.45, 7) is 7.21. The van der Waals surface area contributed by atoms with Crippen LogP contribution in [0.15, 0.2) is 0 Å². The van der Waals surface area contributed by atoms with E-state index in [4.69, 9.17) is 9.47 Å². The van der Waals surface area contributed by atoms with Gasteiger partial charge in [0.1, 0.15) is 12.2 Å². The highest BCUT2D eigenvalue weighted by atomic mass is 16.8. The van der Waals surface area contributed by atoms with Crippen LogP contribution < -0.4 is 0 Å². The van der Waals surface area contributed by atoms with Gasteiger partial charge in [0.05, 0.1) is 0 Å². The van der Waals surface area contributed by atoms with Gasteiger partial charge in [-0.2, -0.15) is 0 Å². The molecule has 3 heteroatoms. The third-order valence-electron chi connectivity index (χ3n) is 3.05. The van der Waals surface area contributed by atoms with Gasteiger partial charge in [0.2, 0.25) is 0 Å². The smallest absolute Gasteiger partial charge is 0.163 e. The molecule has 3 nitrogen and oxygen atoms in total. The number of rotatable bonds is 1. The molecule has 0 aromatic rings. The van der Waals surface area contributed by atoms with Crippen LogP contribution in [-0.4, -0.2) is 42.5 Å². The molecule has 3 atom stereocenters. The SMILES string of the molecule is CCC1C2OC(C)(C)OC2CN1C. The highest BCUT2D eigenvalue weighted by molar-refractivity contribution is 4.97. The Morgan fingerprint density at radius 3 is 2.69 bits per heavy atom. The molecule has 2 rings (SSSR count). The summed E-state index contributed by atoms with van der Waals surface area (Å²) in [5.41, 5.74) is 0. The summed E-state index contributed by atoms with van der Waals surface area (Å²) in [7, 11) is 2.15. The van der Waals surface area contributed by atoms with Crippen molar-refractivity contribution in [3.05, 3.63) is 0 Å². The van der Waals surface area contributed by atoms with Gasteiger partial charge in [-0.05, 0) is 27.3 Å². The minimum absolute atomic E-state index is 0.282. The van der Waals surface area contributed by atoms with Gasteiger partial charge in [-0.1, -0.05) is 6.92 Å². The Balaban J connectivity index is 2.10. The number of nitrogens with zero attached hydrogens (tertiary/aromatic N) is 1. The van der Waals surface area contributed by atoms with E-state index in [2.05, 4.69) is 18.9 Å². The third-order valence-corrected chi connectivity index (χ3v) is 3.05. The normalized spacial score (nSPS) is 43.8. The predicted molar refractivity (Wildman–Crippen MR) is 50.5 cm³/mol. The number of hydrogen-bond acceptors (Lipinski definition) is 3. The Morgan fingerprint density at radius 1 is 1.38 bits per heavy atom. The molecule has 0 aromatic carbocycles. The Kier molecular flexibility index (Phi) is 2.13. The molecule has 76 valence electrons. The molecule has 0 N–H and O–H groups in total. The van der Waals surface area contributed by atoms with Crippen molar-refractivity contribution in [2.45, 2.75) is 51.2 Å². The van der Waals surface area contributed by atoms with Crippen LogP contribution in [-0.2, 0) is 9.47 Å². The van der Waals surface area contributed by atoms with Gasteiger partial charge in [0, 0.05) is 12.6 Å². The first-order valence-corrected chi connectivity index (χ1v) is 5.09. The van der Waals surface area contributed by atoms with Crippen molar-refractivity contribution in [2.75, 3.05) is 13.6 Å². The van der Waals surface area contributed by atoms with Crippen molar-refractivity contribution in [3.63, 3.8) is 0 Å². The van der Waals surface area contributed by atoms with Gasteiger partial charge in [-0.3, -0.25) is 4.90 Å². The molecule has 0 bridgehead atoms. The molecule has 0 aromatic heterocycles. The molecule has 0 radical (unpaired) electrons. The summed E-state index contributed by atoms with van der Waals surface area (Å²) in [6, 6.07) is 0.534. The molecule has 0 aliphatic carbocycles. The van der Waals surface area contributed by atoms with Gasteiger partial charge in [0.25, 0.3) is 0 Å². The summed E-state index contributed by atoms with van der Waals surface area (Å²) >= 11 is 0. The van der Waals surface area contributed by atoms with E-state index in [0.29, 0.717) is 6.04 Å². The van der Waals surface area contributed by atoms with Gasteiger partial charge in [-0.15, -0.1) is 0 Å². The lowest BCUT2D eigenvalue weighted by molar-refractivity contribution is -0.160. The van der Waals surface area contributed by atoms with Crippen LogP contribution in [0.1, 0.15) is 27.2 Å². The van der Waals surface area contributed by atoms with Gasteiger partial charge in [0.15, 0.2) is 5.79 Å². The van der Waals surface area contributed by atoms with Crippen molar-refractivity contribution in [1.82, 2.24) is 4.90 Å². The van der Waals surface area contributed by atoms with Crippen molar-refractivity contribution in [2.24, 2.45) is 0 Å². The van der Waals surface area contributed by atoms with Crippen molar-refractivity contribution in [1.29, 1.82) is 0 Å². The molecule has 0 spiro atoms. The molecule has 2 heterocycles. The highest BCUT2D eigenvalue weighted by Crippen LogP contribution is 2.36. The van der Waals surface area contributed by atoms with Gasteiger partial charge >= 0.3 is 0 Å². The lowest BCUT2D eigenvalue weighted by atomic mass is 10.1. The average Bonchev–Trinajstić information content (AvgIpc) is 2.39. The second-order valence-electron chi connectivity index (χ2n) is 4.55. The van der Waals surface area contributed by atoms with E-state index >= 15 is 0 Å². The minimum atomic E-state index is -0.371. The number of hydrogen-bond donors (Lipinski definition) is 0.